The van der Waals surface area contributed by atoms with Crippen molar-refractivity contribution in [3.05, 3.63) is 53.8 Å². The molecule has 1 amide bonds. The molecule has 4 heterocycles. The van der Waals surface area contributed by atoms with Crippen molar-refractivity contribution in [3.63, 3.8) is 0 Å². The second kappa shape index (κ2) is 8.22. The molecule has 0 spiro atoms. The standard InChI is InChI=1S/C24H24ClN5OS/c1-24(2,13-25)23(31)30-9-6-15(7-10-30)20-12-17-18(5-8-26-22(17)29-20)28-16-3-4-19-21(11-16)32-14-27-19/h3-6,8,11-12,14H,7,9-10,13H2,1-2H3,(H2,26,28,29). The maximum atomic E-state index is 12.7. The second-order valence-electron chi connectivity index (χ2n) is 8.71. The predicted octanol–water partition coefficient (Wildman–Crippen LogP) is 5.80. The molecule has 4 aromatic rings. The van der Waals surface area contributed by atoms with Gasteiger partial charge in [-0.15, -0.1) is 22.9 Å². The van der Waals surface area contributed by atoms with Crippen LogP contribution >= 0.6 is 22.9 Å². The van der Waals surface area contributed by atoms with E-state index < -0.39 is 5.41 Å². The van der Waals surface area contributed by atoms with Gasteiger partial charge in [0, 0.05) is 41.9 Å². The SMILES string of the molecule is CC(C)(CCl)C(=O)N1CC=C(c2cc3c(Nc4ccc5ncsc5c4)ccnc3[nH]2)CC1. The number of nitrogens with zero attached hydrogens (tertiary/aromatic N) is 3. The number of rotatable bonds is 5. The Kier molecular flexibility index (Phi) is 5.39. The van der Waals surface area contributed by atoms with E-state index in [0.29, 0.717) is 19.0 Å². The normalized spacial score (nSPS) is 14.7. The fraction of sp³-hybridized carbons (Fsp3) is 0.292. The van der Waals surface area contributed by atoms with Crippen molar-refractivity contribution >= 4 is 67.0 Å². The van der Waals surface area contributed by atoms with E-state index in [1.165, 1.54) is 5.57 Å². The number of thiazole rings is 1. The van der Waals surface area contributed by atoms with Gasteiger partial charge in [-0.05, 0) is 56.2 Å². The van der Waals surface area contributed by atoms with Crippen molar-refractivity contribution in [2.45, 2.75) is 20.3 Å². The van der Waals surface area contributed by atoms with E-state index in [-0.39, 0.29) is 5.91 Å². The van der Waals surface area contributed by atoms with Crippen molar-refractivity contribution in [2.75, 3.05) is 24.3 Å². The summed E-state index contributed by atoms with van der Waals surface area (Å²) in [6, 6.07) is 10.3. The zero-order chi connectivity index (χ0) is 22.3. The fourth-order valence-corrected chi connectivity index (χ4v) is 4.81. The van der Waals surface area contributed by atoms with Gasteiger partial charge in [-0.2, -0.15) is 0 Å². The molecule has 32 heavy (non-hydrogen) atoms. The summed E-state index contributed by atoms with van der Waals surface area (Å²) in [6.07, 6.45) is 4.73. The predicted molar refractivity (Wildman–Crippen MR) is 133 cm³/mol. The molecule has 8 heteroatoms. The maximum absolute atomic E-state index is 12.7. The fourth-order valence-electron chi connectivity index (χ4n) is 3.98. The third kappa shape index (κ3) is 3.87. The molecule has 0 atom stereocenters. The van der Waals surface area contributed by atoms with E-state index in [0.717, 1.165) is 44.7 Å². The number of nitrogens with one attached hydrogen (secondary N) is 2. The Hall–Kier alpha value is -2.90. The number of hydrogen-bond donors (Lipinski definition) is 2. The molecule has 0 aliphatic carbocycles. The Morgan fingerprint density at radius 1 is 1.28 bits per heavy atom. The largest absolute Gasteiger partial charge is 0.355 e. The lowest BCUT2D eigenvalue weighted by molar-refractivity contribution is -0.138. The molecule has 0 fully saturated rings. The van der Waals surface area contributed by atoms with Crippen molar-refractivity contribution in [2.24, 2.45) is 5.41 Å². The average molecular weight is 466 g/mol. The minimum absolute atomic E-state index is 0.102. The first-order valence-corrected chi connectivity index (χ1v) is 12.0. The summed E-state index contributed by atoms with van der Waals surface area (Å²) in [5, 5.41) is 4.56. The van der Waals surface area contributed by atoms with Crippen LogP contribution in [-0.4, -0.2) is 44.7 Å². The minimum atomic E-state index is -0.541. The number of pyridine rings is 1. The number of hydrogen-bond acceptors (Lipinski definition) is 5. The van der Waals surface area contributed by atoms with E-state index in [1.807, 2.05) is 42.5 Å². The Bertz CT molecular complexity index is 1340. The van der Waals surface area contributed by atoms with Crippen LogP contribution in [0.5, 0.6) is 0 Å². The summed E-state index contributed by atoms with van der Waals surface area (Å²) in [6.45, 7) is 5.07. The lowest BCUT2D eigenvalue weighted by atomic mass is 9.93. The zero-order valence-corrected chi connectivity index (χ0v) is 19.6. The van der Waals surface area contributed by atoms with Gasteiger partial charge < -0.3 is 15.2 Å². The first kappa shape index (κ1) is 21.0. The summed E-state index contributed by atoms with van der Waals surface area (Å²) >= 11 is 7.62. The third-order valence-corrected chi connectivity index (χ3v) is 7.36. The number of fused-ring (bicyclic) bond motifs is 2. The van der Waals surface area contributed by atoms with Crippen LogP contribution in [0, 0.1) is 5.41 Å². The van der Waals surface area contributed by atoms with Gasteiger partial charge in [0.2, 0.25) is 5.91 Å². The Morgan fingerprint density at radius 2 is 2.16 bits per heavy atom. The van der Waals surface area contributed by atoms with E-state index in [4.69, 9.17) is 11.6 Å². The van der Waals surface area contributed by atoms with E-state index in [2.05, 4.69) is 38.5 Å². The summed E-state index contributed by atoms with van der Waals surface area (Å²) < 4.78 is 1.15. The summed E-state index contributed by atoms with van der Waals surface area (Å²) in [7, 11) is 0. The molecule has 1 aliphatic heterocycles. The van der Waals surface area contributed by atoms with E-state index in [1.54, 1.807) is 17.5 Å². The zero-order valence-electron chi connectivity index (χ0n) is 18.0. The molecule has 3 aromatic heterocycles. The summed E-state index contributed by atoms with van der Waals surface area (Å²) in [4.78, 5) is 26.9. The minimum Gasteiger partial charge on any atom is -0.355 e. The number of benzene rings is 1. The highest BCUT2D eigenvalue weighted by atomic mass is 35.5. The van der Waals surface area contributed by atoms with Crippen LogP contribution in [-0.2, 0) is 4.79 Å². The van der Waals surface area contributed by atoms with Crippen molar-refractivity contribution < 1.29 is 4.79 Å². The highest BCUT2D eigenvalue weighted by Gasteiger charge is 2.32. The number of alkyl halides is 1. The lowest BCUT2D eigenvalue weighted by Gasteiger charge is -2.32. The molecule has 1 aromatic carbocycles. The van der Waals surface area contributed by atoms with Crippen molar-refractivity contribution in [3.8, 4) is 0 Å². The van der Waals surface area contributed by atoms with Gasteiger partial charge >= 0.3 is 0 Å². The molecule has 0 saturated carbocycles. The average Bonchev–Trinajstić information content (AvgIpc) is 3.46. The van der Waals surface area contributed by atoms with E-state index >= 15 is 0 Å². The number of aromatic nitrogens is 3. The van der Waals surface area contributed by atoms with Crippen molar-refractivity contribution in [1.29, 1.82) is 0 Å². The van der Waals surface area contributed by atoms with Crippen molar-refractivity contribution in [1.82, 2.24) is 19.9 Å². The molecule has 1 aliphatic rings. The lowest BCUT2D eigenvalue weighted by Crippen LogP contribution is -2.43. The summed E-state index contributed by atoms with van der Waals surface area (Å²) in [5.74, 6) is 0.420. The van der Waals surface area contributed by atoms with Crippen LogP contribution in [0.1, 0.15) is 26.0 Å². The highest BCUT2D eigenvalue weighted by molar-refractivity contribution is 7.16. The topological polar surface area (TPSA) is 73.9 Å². The van der Waals surface area contributed by atoms with E-state index in [9.17, 15) is 4.79 Å². The van der Waals surface area contributed by atoms with Gasteiger partial charge in [0.05, 0.1) is 26.8 Å². The number of anilines is 2. The molecule has 0 saturated heterocycles. The van der Waals surface area contributed by atoms with Gasteiger partial charge in [0.1, 0.15) is 5.65 Å². The molecular formula is C24H24ClN5OS. The number of aromatic amines is 1. The van der Waals surface area contributed by atoms with Gasteiger partial charge in [-0.25, -0.2) is 9.97 Å². The number of carbonyl (C=O) groups excluding carboxylic acids is 1. The van der Waals surface area contributed by atoms with Crippen LogP contribution in [0.15, 0.2) is 48.1 Å². The first-order valence-electron chi connectivity index (χ1n) is 10.6. The smallest absolute Gasteiger partial charge is 0.229 e. The van der Waals surface area contributed by atoms with Gasteiger partial charge in [0.15, 0.2) is 0 Å². The Balaban J connectivity index is 1.39. The third-order valence-electron chi connectivity index (χ3n) is 5.90. The number of carbonyl (C=O) groups is 1. The molecule has 0 bridgehead atoms. The molecular weight excluding hydrogens is 442 g/mol. The van der Waals surface area contributed by atoms with Crippen LogP contribution < -0.4 is 5.32 Å². The Morgan fingerprint density at radius 3 is 2.94 bits per heavy atom. The summed E-state index contributed by atoms with van der Waals surface area (Å²) in [5.41, 5.74) is 7.43. The molecule has 164 valence electrons. The van der Waals surface area contributed by atoms with Crippen LogP contribution in [0.2, 0.25) is 0 Å². The van der Waals surface area contributed by atoms with Crippen LogP contribution in [0.25, 0.3) is 26.8 Å². The quantitative estimate of drug-likeness (QED) is 0.365. The molecule has 0 unspecified atom stereocenters. The van der Waals surface area contributed by atoms with Gasteiger partial charge in [0.25, 0.3) is 0 Å². The second-order valence-corrected chi connectivity index (χ2v) is 9.87. The Labute approximate surface area is 195 Å². The van der Waals surface area contributed by atoms with Crippen LogP contribution in [0.3, 0.4) is 0 Å². The maximum Gasteiger partial charge on any atom is 0.229 e. The highest BCUT2D eigenvalue weighted by Crippen LogP contribution is 2.32. The number of halogens is 1. The molecule has 2 N–H and O–H groups in total. The molecule has 0 radical (unpaired) electrons. The number of H-pyrrole nitrogens is 1. The molecule has 6 nitrogen and oxygen atoms in total. The monoisotopic (exact) mass is 465 g/mol. The van der Waals surface area contributed by atoms with Crippen LogP contribution in [0.4, 0.5) is 11.4 Å². The number of amides is 1. The van der Waals surface area contributed by atoms with Gasteiger partial charge in [-0.3, -0.25) is 4.79 Å². The first-order chi connectivity index (χ1) is 15.4. The van der Waals surface area contributed by atoms with Gasteiger partial charge in [-0.1, -0.05) is 6.08 Å². The molecule has 5 rings (SSSR count).